The maximum Gasteiger partial charge on any atom is 0.261 e. The predicted octanol–water partition coefficient (Wildman–Crippen LogP) is 3.23. The van der Waals surface area contributed by atoms with Gasteiger partial charge in [0.25, 0.3) is 5.91 Å². The van der Waals surface area contributed by atoms with E-state index in [0.717, 1.165) is 21.4 Å². The second-order valence-electron chi connectivity index (χ2n) is 4.56. The Morgan fingerprint density at radius 3 is 3.00 bits per heavy atom. The molecule has 2 aromatic heterocycles. The Bertz CT molecular complexity index is 768. The maximum absolute atomic E-state index is 12.2. The summed E-state index contributed by atoms with van der Waals surface area (Å²) >= 11 is 1.48. The van der Waals surface area contributed by atoms with Gasteiger partial charge >= 0.3 is 0 Å². The number of benzene rings is 1. The highest BCUT2D eigenvalue weighted by Gasteiger charge is 2.10. The topological polar surface area (TPSA) is 51.2 Å². The van der Waals surface area contributed by atoms with Gasteiger partial charge in [-0.2, -0.15) is 0 Å². The summed E-state index contributed by atoms with van der Waals surface area (Å²) in [4.78, 5) is 16.9. The van der Waals surface area contributed by atoms with E-state index >= 15 is 0 Å². The van der Waals surface area contributed by atoms with Crippen LogP contribution in [0.25, 0.3) is 10.1 Å². The number of thiophene rings is 1. The fourth-order valence-corrected chi connectivity index (χ4v) is 2.99. The van der Waals surface area contributed by atoms with Gasteiger partial charge in [0.05, 0.1) is 12.0 Å². The van der Waals surface area contributed by atoms with Crippen LogP contribution in [0.5, 0.6) is 5.75 Å². The fraction of sp³-hybridized carbons (Fsp3) is 0.125. The minimum Gasteiger partial charge on any atom is -0.497 e. The second kappa shape index (κ2) is 5.93. The number of amides is 1. The first-order valence-corrected chi connectivity index (χ1v) is 7.32. The van der Waals surface area contributed by atoms with E-state index in [0.29, 0.717) is 11.4 Å². The van der Waals surface area contributed by atoms with E-state index in [9.17, 15) is 4.79 Å². The Morgan fingerprint density at radius 1 is 1.33 bits per heavy atom. The highest BCUT2D eigenvalue weighted by atomic mass is 32.1. The molecule has 0 unspecified atom stereocenters. The molecule has 0 saturated carbocycles. The Kier molecular flexibility index (Phi) is 3.83. The van der Waals surface area contributed by atoms with Crippen LogP contribution in [-0.2, 0) is 6.54 Å². The van der Waals surface area contributed by atoms with Crippen molar-refractivity contribution in [3.63, 3.8) is 0 Å². The number of carbonyl (C=O) groups is 1. The van der Waals surface area contributed by atoms with Crippen LogP contribution in [0.3, 0.4) is 0 Å². The Balaban J connectivity index is 1.75. The normalized spacial score (nSPS) is 10.5. The van der Waals surface area contributed by atoms with Crippen molar-refractivity contribution in [3.05, 3.63) is 59.2 Å². The lowest BCUT2D eigenvalue weighted by Gasteiger charge is -2.02. The van der Waals surface area contributed by atoms with Gasteiger partial charge in [-0.3, -0.25) is 9.78 Å². The molecular formula is C16H14N2O2S. The summed E-state index contributed by atoms with van der Waals surface area (Å²) in [5.74, 6) is 0.724. The molecular weight excluding hydrogens is 284 g/mol. The van der Waals surface area contributed by atoms with E-state index in [1.165, 1.54) is 11.3 Å². The van der Waals surface area contributed by atoms with Crippen LogP contribution >= 0.6 is 11.3 Å². The first-order chi connectivity index (χ1) is 10.3. The lowest BCUT2D eigenvalue weighted by molar-refractivity contribution is 0.0955. The van der Waals surface area contributed by atoms with Crippen molar-refractivity contribution < 1.29 is 9.53 Å². The zero-order valence-electron chi connectivity index (χ0n) is 11.5. The molecule has 0 spiro atoms. The zero-order valence-corrected chi connectivity index (χ0v) is 12.3. The third kappa shape index (κ3) is 3.03. The number of aromatic nitrogens is 1. The molecule has 106 valence electrons. The van der Waals surface area contributed by atoms with E-state index < -0.39 is 0 Å². The number of rotatable bonds is 4. The average Bonchev–Trinajstić information content (AvgIpc) is 2.96. The SMILES string of the molecule is COc1ccc2sc(C(=O)NCc3cccnc3)cc2c1. The molecule has 0 aliphatic heterocycles. The van der Waals surface area contributed by atoms with Gasteiger partial charge in [0.15, 0.2) is 0 Å². The summed E-state index contributed by atoms with van der Waals surface area (Å²) in [5, 5.41) is 3.92. The number of fused-ring (bicyclic) bond motifs is 1. The van der Waals surface area contributed by atoms with Gasteiger partial charge in [-0.1, -0.05) is 6.07 Å². The monoisotopic (exact) mass is 298 g/mol. The van der Waals surface area contributed by atoms with Gasteiger partial charge in [0, 0.05) is 23.6 Å². The molecule has 1 amide bonds. The van der Waals surface area contributed by atoms with Gasteiger partial charge in [0.2, 0.25) is 0 Å². The van der Waals surface area contributed by atoms with Crippen LogP contribution in [0.15, 0.2) is 48.8 Å². The van der Waals surface area contributed by atoms with Gasteiger partial charge < -0.3 is 10.1 Å². The first kappa shape index (κ1) is 13.6. The fourth-order valence-electron chi connectivity index (χ4n) is 2.03. The molecule has 0 bridgehead atoms. The van der Waals surface area contributed by atoms with Crippen molar-refractivity contribution in [2.45, 2.75) is 6.54 Å². The molecule has 0 radical (unpaired) electrons. The molecule has 0 aliphatic carbocycles. The molecule has 21 heavy (non-hydrogen) atoms. The average molecular weight is 298 g/mol. The summed E-state index contributed by atoms with van der Waals surface area (Å²) in [6.07, 6.45) is 3.46. The summed E-state index contributed by atoms with van der Waals surface area (Å²) in [6.45, 7) is 0.476. The molecule has 5 heteroatoms. The number of carbonyl (C=O) groups excluding carboxylic acids is 1. The van der Waals surface area contributed by atoms with E-state index in [4.69, 9.17) is 4.74 Å². The number of ether oxygens (including phenoxy) is 1. The quantitative estimate of drug-likeness (QED) is 0.804. The van der Waals surface area contributed by atoms with Crippen molar-refractivity contribution in [2.75, 3.05) is 7.11 Å². The molecule has 3 rings (SSSR count). The van der Waals surface area contributed by atoms with E-state index in [-0.39, 0.29) is 5.91 Å². The Hall–Kier alpha value is -2.40. The molecule has 4 nitrogen and oxygen atoms in total. The minimum atomic E-state index is -0.0704. The molecule has 1 aromatic carbocycles. The smallest absolute Gasteiger partial charge is 0.261 e. The highest BCUT2D eigenvalue weighted by molar-refractivity contribution is 7.20. The van der Waals surface area contributed by atoms with Crippen LogP contribution in [0.2, 0.25) is 0 Å². The Morgan fingerprint density at radius 2 is 2.24 bits per heavy atom. The number of pyridine rings is 1. The molecule has 2 heterocycles. The first-order valence-electron chi connectivity index (χ1n) is 6.51. The van der Waals surface area contributed by atoms with E-state index in [1.807, 2.05) is 36.4 Å². The van der Waals surface area contributed by atoms with E-state index in [2.05, 4.69) is 10.3 Å². The second-order valence-corrected chi connectivity index (χ2v) is 5.64. The van der Waals surface area contributed by atoms with Gasteiger partial charge in [-0.05, 0) is 41.3 Å². The van der Waals surface area contributed by atoms with Crippen LogP contribution in [0.1, 0.15) is 15.2 Å². The lowest BCUT2D eigenvalue weighted by atomic mass is 10.2. The standard InChI is InChI=1S/C16H14N2O2S/c1-20-13-4-5-14-12(7-13)8-15(21-14)16(19)18-10-11-3-2-6-17-9-11/h2-9H,10H2,1H3,(H,18,19). The van der Waals surface area contributed by atoms with Crippen LogP contribution < -0.4 is 10.1 Å². The molecule has 0 fully saturated rings. The summed E-state index contributed by atoms with van der Waals surface area (Å²) in [5.41, 5.74) is 0.980. The number of nitrogens with one attached hydrogen (secondary N) is 1. The summed E-state index contributed by atoms with van der Waals surface area (Å²) < 4.78 is 6.27. The predicted molar refractivity (Wildman–Crippen MR) is 83.8 cm³/mol. The maximum atomic E-state index is 12.2. The molecule has 1 N–H and O–H groups in total. The van der Waals surface area contributed by atoms with Crippen molar-refractivity contribution in [2.24, 2.45) is 0 Å². The Labute approximate surface area is 126 Å². The molecule has 3 aromatic rings. The van der Waals surface area contributed by atoms with Crippen LogP contribution in [0.4, 0.5) is 0 Å². The van der Waals surface area contributed by atoms with Gasteiger partial charge in [0.1, 0.15) is 5.75 Å². The lowest BCUT2D eigenvalue weighted by Crippen LogP contribution is -2.21. The molecule has 0 aliphatic rings. The number of nitrogens with zero attached hydrogens (tertiary/aromatic N) is 1. The molecule has 0 saturated heterocycles. The largest absolute Gasteiger partial charge is 0.497 e. The van der Waals surface area contributed by atoms with Crippen LogP contribution in [0, 0.1) is 0 Å². The number of hydrogen-bond acceptors (Lipinski definition) is 4. The van der Waals surface area contributed by atoms with Crippen molar-refractivity contribution in [1.82, 2.24) is 10.3 Å². The minimum absolute atomic E-state index is 0.0704. The third-order valence-corrected chi connectivity index (χ3v) is 4.24. The number of hydrogen-bond donors (Lipinski definition) is 1. The molecule has 0 atom stereocenters. The number of methoxy groups -OCH3 is 1. The van der Waals surface area contributed by atoms with Crippen molar-refractivity contribution >= 4 is 27.3 Å². The highest BCUT2D eigenvalue weighted by Crippen LogP contribution is 2.28. The van der Waals surface area contributed by atoms with Gasteiger partial charge in [-0.15, -0.1) is 11.3 Å². The summed E-state index contributed by atoms with van der Waals surface area (Å²) in [7, 11) is 1.63. The van der Waals surface area contributed by atoms with Crippen molar-refractivity contribution in [3.8, 4) is 5.75 Å². The van der Waals surface area contributed by atoms with Crippen LogP contribution in [-0.4, -0.2) is 18.0 Å². The zero-order chi connectivity index (χ0) is 14.7. The van der Waals surface area contributed by atoms with Gasteiger partial charge in [-0.25, -0.2) is 0 Å². The summed E-state index contributed by atoms with van der Waals surface area (Å²) in [6, 6.07) is 11.5. The van der Waals surface area contributed by atoms with Crippen molar-refractivity contribution in [1.29, 1.82) is 0 Å². The van der Waals surface area contributed by atoms with E-state index in [1.54, 1.807) is 19.5 Å². The third-order valence-electron chi connectivity index (χ3n) is 3.12.